The second kappa shape index (κ2) is 22.9. The Hall–Kier alpha value is 2.61. The smallest absolute Gasteiger partial charge is 0.854 e. The van der Waals surface area contributed by atoms with Gasteiger partial charge in [-0.05, 0) is 0 Å². The minimum absolute atomic E-state index is 0. The maximum absolute atomic E-state index is 8.48. The standard InChI is InChI=1S/2O3P.3Pd/c2*1-4(2)3;;;/q2*-3;3*+2. The van der Waals surface area contributed by atoms with E-state index in [4.69, 9.17) is 29.4 Å². The molecule has 0 heterocycles. The molecule has 0 bridgehead atoms. The van der Waals surface area contributed by atoms with Crippen LogP contribution in [0.1, 0.15) is 0 Å². The van der Waals surface area contributed by atoms with Crippen molar-refractivity contribution >= 4 is 17.2 Å². The first-order valence-electron chi connectivity index (χ1n) is 1.10. The third-order valence-corrected chi connectivity index (χ3v) is 0. The van der Waals surface area contributed by atoms with Gasteiger partial charge in [-0.3, -0.25) is 0 Å². The molecule has 0 amide bonds. The fourth-order valence-electron chi connectivity index (χ4n) is 0. The van der Waals surface area contributed by atoms with Crippen molar-refractivity contribution in [3.05, 3.63) is 0 Å². The van der Waals surface area contributed by atoms with E-state index in [0.29, 0.717) is 0 Å². The Morgan fingerprint density at radius 2 is 0.455 bits per heavy atom. The maximum Gasteiger partial charge on any atom is 2.00 e. The molecule has 0 radical (unpaired) electrons. The second-order valence-corrected chi connectivity index (χ2v) is 1.34. The SMILES string of the molecule is [O-]P([O-])[O-].[O-]P([O-])[O-].[Pd+2].[Pd+2].[Pd+2]. The molecule has 0 atom stereocenters. The van der Waals surface area contributed by atoms with Gasteiger partial charge in [0.05, 0.1) is 0 Å². The van der Waals surface area contributed by atoms with Crippen molar-refractivity contribution in [2.75, 3.05) is 0 Å². The van der Waals surface area contributed by atoms with E-state index in [1.54, 1.807) is 0 Å². The molecule has 0 spiro atoms. The normalized spacial score (nSPS) is 6.55. The molecule has 0 aliphatic carbocycles. The topological polar surface area (TPSA) is 138 Å². The Bertz CT molecular complexity index is 31.3. The van der Waals surface area contributed by atoms with Gasteiger partial charge in [0.2, 0.25) is 0 Å². The van der Waals surface area contributed by atoms with Gasteiger partial charge in [0.25, 0.3) is 0 Å². The summed E-state index contributed by atoms with van der Waals surface area (Å²) < 4.78 is 0. The van der Waals surface area contributed by atoms with Gasteiger partial charge < -0.3 is 46.6 Å². The van der Waals surface area contributed by atoms with Crippen LogP contribution >= 0.6 is 17.2 Å². The van der Waals surface area contributed by atoms with Crippen LogP contribution in [0, 0.1) is 0 Å². The summed E-state index contributed by atoms with van der Waals surface area (Å²) in [5, 5.41) is 0. The van der Waals surface area contributed by atoms with Crippen LogP contribution in [-0.4, -0.2) is 0 Å². The minimum Gasteiger partial charge on any atom is -0.854 e. The van der Waals surface area contributed by atoms with Crippen LogP contribution in [-0.2, 0) is 61.3 Å². The molecule has 0 rings (SSSR count). The van der Waals surface area contributed by atoms with E-state index >= 15 is 0 Å². The van der Waals surface area contributed by atoms with Gasteiger partial charge >= 0.3 is 61.3 Å². The zero-order valence-electron chi connectivity index (χ0n) is 4.29. The van der Waals surface area contributed by atoms with Crippen molar-refractivity contribution in [1.29, 1.82) is 0 Å². The molecule has 0 aliphatic rings. The van der Waals surface area contributed by atoms with Crippen LogP contribution in [0.4, 0.5) is 0 Å². The van der Waals surface area contributed by atoms with E-state index < -0.39 is 17.2 Å². The third-order valence-electron chi connectivity index (χ3n) is 0. The van der Waals surface area contributed by atoms with Crippen molar-refractivity contribution in [2.45, 2.75) is 0 Å². The van der Waals surface area contributed by atoms with Gasteiger partial charge in [0.15, 0.2) is 0 Å². The summed E-state index contributed by atoms with van der Waals surface area (Å²) in [6.07, 6.45) is 0. The third kappa shape index (κ3) is 209. The van der Waals surface area contributed by atoms with E-state index in [0.717, 1.165) is 0 Å². The second-order valence-electron chi connectivity index (χ2n) is 0.447. The molecule has 0 aromatic rings. The van der Waals surface area contributed by atoms with Gasteiger partial charge in [0, 0.05) is 0 Å². The van der Waals surface area contributed by atoms with Crippen molar-refractivity contribution in [3.8, 4) is 0 Å². The average molecular weight is 477 g/mol. The predicted molar refractivity (Wildman–Crippen MR) is 13.8 cm³/mol. The molecule has 0 aromatic carbocycles. The summed E-state index contributed by atoms with van der Waals surface area (Å²) >= 11 is 0. The summed E-state index contributed by atoms with van der Waals surface area (Å²) in [5.41, 5.74) is 0. The maximum atomic E-state index is 8.48. The Morgan fingerprint density at radius 1 is 0.455 bits per heavy atom. The summed E-state index contributed by atoms with van der Waals surface area (Å²) in [6.45, 7) is 0. The monoisotopic (exact) mass is 476 g/mol. The van der Waals surface area contributed by atoms with E-state index in [1.807, 2.05) is 0 Å². The summed E-state index contributed by atoms with van der Waals surface area (Å²) in [6, 6.07) is 0. The van der Waals surface area contributed by atoms with Crippen LogP contribution in [0.3, 0.4) is 0 Å². The molecule has 0 aliphatic heterocycles. The van der Waals surface area contributed by atoms with E-state index in [-0.39, 0.29) is 61.3 Å². The van der Waals surface area contributed by atoms with Crippen molar-refractivity contribution in [1.82, 2.24) is 0 Å². The first-order chi connectivity index (χ1) is 3.46. The molecule has 76 valence electrons. The molecular formula is O6P2Pd3. The predicted octanol–water partition coefficient (Wildman–Crippen LogP) is -5.42. The van der Waals surface area contributed by atoms with E-state index in [2.05, 4.69) is 0 Å². The van der Waals surface area contributed by atoms with Crippen LogP contribution in [0.5, 0.6) is 0 Å². The first-order valence-corrected chi connectivity index (χ1v) is 3.29. The average Bonchev–Trinajstić information content (AvgIpc) is 1.25. The number of hydrogen-bond donors (Lipinski definition) is 0. The molecule has 0 N–H and O–H groups in total. The minimum atomic E-state index is -3.37. The van der Waals surface area contributed by atoms with Gasteiger partial charge in [-0.25, -0.2) is 0 Å². The Morgan fingerprint density at radius 3 is 0.455 bits per heavy atom. The van der Waals surface area contributed by atoms with Crippen LogP contribution in [0.2, 0.25) is 0 Å². The zero-order valence-corrected chi connectivity index (χ0v) is 10.7. The van der Waals surface area contributed by atoms with Crippen LogP contribution in [0.25, 0.3) is 0 Å². The van der Waals surface area contributed by atoms with Crippen LogP contribution in [0.15, 0.2) is 0 Å². The zero-order chi connectivity index (χ0) is 7.15. The van der Waals surface area contributed by atoms with Crippen LogP contribution < -0.4 is 29.4 Å². The summed E-state index contributed by atoms with van der Waals surface area (Å²) in [4.78, 5) is 50.9. The molecule has 0 unspecified atom stereocenters. The number of rotatable bonds is 0. The largest absolute Gasteiger partial charge is 2.00 e. The van der Waals surface area contributed by atoms with Gasteiger partial charge in [-0.1, -0.05) is 0 Å². The molecule has 0 fully saturated rings. The van der Waals surface area contributed by atoms with E-state index in [1.165, 1.54) is 0 Å². The molecule has 0 saturated carbocycles. The Labute approximate surface area is 107 Å². The Kier molecular flexibility index (Phi) is 60.8. The molecule has 6 nitrogen and oxygen atoms in total. The van der Waals surface area contributed by atoms with E-state index in [9.17, 15) is 0 Å². The fraction of sp³-hybridized carbons (Fsp3) is 0. The van der Waals surface area contributed by atoms with Gasteiger partial charge in [-0.2, -0.15) is 0 Å². The summed E-state index contributed by atoms with van der Waals surface area (Å²) in [7, 11) is -6.74. The van der Waals surface area contributed by atoms with Crippen molar-refractivity contribution in [3.63, 3.8) is 0 Å². The molecule has 0 aromatic heterocycles. The molecular weight excluding hydrogens is 477 g/mol. The van der Waals surface area contributed by atoms with Crippen molar-refractivity contribution in [2.24, 2.45) is 0 Å². The molecule has 0 saturated heterocycles. The quantitative estimate of drug-likeness (QED) is 0.252. The van der Waals surface area contributed by atoms with Gasteiger partial charge in [-0.15, -0.1) is 0 Å². The summed E-state index contributed by atoms with van der Waals surface area (Å²) in [5.74, 6) is 0. The fourth-order valence-corrected chi connectivity index (χ4v) is 0. The molecule has 11 heteroatoms. The number of hydrogen-bond acceptors (Lipinski definition) is 6. The first kappa shape index (κ1) is 29.2. The van der Waals surface area contributed by atoms with Crippen molar-refractivity contribution < 1.29 is 90.6 Å². The molecule has 11 heavy (non-hydrogen) atoms. The Balaban J connectivity index is -0.0000000171. The van der Waals surface area contributed by atoms with Gasteiger partial charge in [0.1, 0.15) is 0 Å².